The normalized spacial score (nSPS) is 10.8. The van der Waals surface area contributed by atoms with Gasteiger partial charge in [-0.2, -0.15) is 0 Å². The van der Waals surface area contributed by atoms with Crippen molar-refractivity contribution in [1.29, 1.82) is 0 Å². The molecule has 0 bridgehead atoms. The highest BCUT2D eigenvalue weighted by Crippen LogP contribution is 2.60. The van der Waals surface area contributed by atoms with E-state index in [0.717, 1.165) is 12.3 Å². The summed E-state index contributed by atoms with van der Waals surface area (Å²) in [5.41, 5.74) is 2.44. The zero-order chi connectivity index (χ0) is 23.9. The Morgan fingerprint density at radius 1 is 0.528 bits per heavy atom. The van der Waals surface area contributed by atoms with E-state index in [1.54, 1.807) is 7.11 Å². The Morgan fingerprint density at radius 2 is 0.917 bits per heavy atom. The number of nitrogens with zero attached hydrogens (tertiary/aromatic N) is 1. The van der Waals surface area contributed by atoms with Crippen LogP contribution in [-0.4, -0.2) is 7.11 Å². The minimum absolute atomic E-state index is 0. The van der Waals surface area contributed by atoms with E-state index in [0.29, 0.717) is 0 Å². The minimum atomic E-state index is -2.27. The first-order valence-electron chi connectivity index (χ1n) is 11.8. The van der Waals surface area contributed by atoms with Crippen molar-refractivity contribution in [2.45, 2.75) is 6.54 Å². The molecule has 2 nitrogen and oxygen atoms in total. The maximum absolute atomic E-state index is 5.43. The van der Waals surface area contributed by atoms with Crippen molar-refractivity contribution in [3.8, 4) is 5.75 Å². The van der Waals surface area contributed by atoms with Crippen LogP contribution in [0.1, 0.15) is 5.56 Å². The maximum Gasteiger partial charge on any atom is 0.202 e. The Kier molecular flexibility index (Phi) is 8.59. The standard InChI is InChI=1S/C32H29NOP.BrH/c1-34-29-24-22-27(23-25-29)26-33(28-14-6-2-7-15-28)35(30-16-8-3-9-17-30,31-18-10-4-11-19-31)32-20-12-5-13-21-32;/h2-25H,26H2,1H3;1H/q+1;/p-1. The molecule has 0 aliphatic heterocycles. The smallest absolute Gasteiger partial charge is 0.202 e. The molecule has 0 unspecified atom stereocenters. The monoisotopic (exact) mass is 553 g/mol. The molecule has 36 heavy (non-hydrogen) atoms. The predicted octanol–water partition coefficient (Wildman–Crippen LogP) is 3.61. The number of hydrogen-bond donors (Lipinski definition) is 0. The van der Waals surface area contributed by atoms with Gasteiger partial charge in [-0.15, -0.1) is 0 Å². The molecule has 0 aliphatic carbocycles. The predicted molar refractivity (Wildman–Crippen MR) is 151 cm³/mol. The van der Waals surface area contributed by atoms with Gasteiger partial charge >= 0.3 is 0 Å². The molecule has 0 fully saturated rings. The number of hydrogen-bond acceptors (Lipinski definition) is 2. The molecule has 0 aromatic heterocycles. The molecule has 0 saturated carbocycles. The average molecular weight is 554 g/mol. The summed E-state index contributed by atoms with van der Waals surface area (Å²) < 4.78 is 8.06. The summed E-state index contributed by atoms with van der Waals surface area (Å²) in [6.07, 6.45) is 0. The number of halogens is 1. The van der Waals surface area contributed by atoms with Gasteiger partial charge in [0.15, 0.2) is 0 Å². The summed E-state index contributed by atoms with van der Waals surface area (Å²) in [4.78, 5) is 0. The lowest BCUT2D eigenvalue weighted by Crippen LogP contribution is -3.00. The van der Waals surface area contributed by atoms with Crippen molar-refractivity contribution in [3.05, 3.63) is 151 Å². The van der Waals surface area contributed by atoms with Crippen LogP contribution < -0.4 is 42.3 Å². The first-order chi connectivity index (χ1) is 17.3. The summed E-state index contributed by atoms with van der Waals surface area (Å²) in [6, 6.07) is 52.2. The molecule has 5 rings (SSSR count). The van der Waals surface area contributed by atoms with Gasteiger partial charge in [0.2, 0.25) is 7.41 Å². The number of ether oxygens (including phenoxy) is 1. The van der Waals surface area contributed by atoms with Crippen LogP contribution in [0.15, 0.2) is 146 Å². The molecule has 0 spiro atoms. The van der Waals surface area contributed by atoms with Gasteiger partial charge in [-0.1, -0.05) is 84.9 Å². The molecule has 4 heteroatoms. The second-order valence-electron chi connectivity index (χ2n) is 8.38. The molecule has 0 N–H and O–H groups in total. The molecular weight excluding hydrogens is 525 g/mol. The topological polar surface area (TPSA) is 12.5 Å². The SMILES string of the molecule is COc1ccc(CN(c2ccccc2)[P+](c2ccccc2)(c2ccccc2)c2ccccc2)cc1.[Br-]. The summed E-state index contributed by atoms with van der Waals surface area (Å²) in [7, 11) is -0.557. The molecule has 0 heterocycles. The number of para-hydroxylation sites is 1. The third kappa shape index (κ3) is 5.09. The van der Waals surface area contributed by atoms with Gasteiger partial charge < -0.3 is 21.7 Å². The zero-order valence-corrected chi connectivity index (χ0v) is 22.7. The van der Waals surface area contributed by atoms with Crippen LogP contribution in [0.2, 0.25) is 0 Å². The third-order valence-corrected chi connectivity index (χ3v) is 10.5. The number of methoxy groups -OCH3 is 1. The van der Waals surface area contributed by atoms with Crippen LogP contribution >= 0.6 is 7.41 Å². The van der Waals surface area contributed by atoms with Crippen molar-refractivity contribution in [2.75, 3.05) is 11.8 Å². The minimum Gasteiger partial charge on any atom is -1.00 e. The Bertz CT molecular complexity index is 1230. The summed E-state index contributed by atoms with van der Waals surface area (Å²) >= 11 is 0. The Balaban J connectivity index is 0.00000304. The van der Waals surface area contributed by atoms with Crippen LogP contribution in [0.3, 0.4) is 0 Å². The van der Waals surface area contributed by atoms with E-state index in [9.17, 15) is 0 Å². The van der Waals surface area contributed by atoms with E-state index in [1.165, 1.54) is 27.2 Å². The molecular formula is C32H29BrNOP. The molecule has 0 saturated heterocycles. The molecule has 5 aromatic rings. The molecule has 0 amide bonds. The van der Waals surface area contributed by atoms with Crippen molar-refractivity contribution < 1.29 is 21.7 Å². The van der Waals surface area contributed by atoms with Gasteiger partial charge in [-0.05, 0) is 66.2 Å². The van der Waals surface area contributed by atoms with Crippen molar-refractivity contribution in [1.82, 2.24) is 0 Å². The van der Waals surface area contributed by atoms with E-state index in [2.05, 4.69) is 138 Å². The lowest BCUT2D eigenvalue weighted by Gasteiger charge is -2.38. The maximum atomic E-state index is 5.43. The number of rotatable bonds is 8. The number of benzene rings is 5. The van der Waals surface area contributed by atoms with Gasteiger partial charge in [0.25, 0.3) is 0 Å². The van der Waals surface area contributed by atoms with E-state index >= 15 is 0 Å². The second-order valence-corrected chi connectivity index (χ2v) is 11.7. The average Bonchev–Trinajstić information content (AvgIpc) is 2.95. The van der Waals surface area contributed by atoms with Crippen LogP contribution in [0.5, 0.6) is 5.75 Å². The van der Waals surface area contributed by atoms with Crippen molar-refractivity contribution >= 4 is 29.0 Å². The van der Waals surface area contributed by atoms with E-state index in [4.69, 9.17) is 4.74 Å². The highest BCUT2D eigenvalue weighted by Gasteiger charge is 2.51. The second kappa shape index (κ2) is 12.0. The fraction of sp³-hybridized carbons (Fsp3) is 0.0625. The van der Waals surface area contributed by atoms with Crippen LogP contribution in [0.4, 0.5) is 5.69 Å². The van der Waals surface area contributed by atoms with Gasteiger partial charge in [-0.3, -0.25) is 0 Å². The first-order valence-corrected chi connectivity index (χ1v) is 13.6. The Hall–Kier alpha value is -3.39. The van der Waals surface area contributed by atoms with E-state index in [-0.39, 0.29) is 17.0 Å². The van der Waals surface area contributed by atoms with Crippen LogP contribution in [-0.2, 0) is 6.54 Å². The molecule has 180 valence electrons. The first kappa shape index (κ1) is 25.7. The number of anilines is 1. The van der Waals surface area contributed by atoms with Gasteiger partial charge in [0, 0.05) is 0 Å². The lowest BCUT2D eigenvalue weighted by molar-refractivity contribution is -0.00000705. The van der Waals surface area contributed by atoms with Gasteiger partial charge in [-0.25, -0.2) is 4.67 Å². The molecule has 5 aromatic carbocycles. The Labute approximate surface area is 225 Å². The molecule has 0 atom stereocenters. The third-order valence-electron chi connectivity index (χ3n) is 6.30. The van der Waals surface area contributed by atoms with Crippen LogP contribution in [0, 0.1) is 0 Å². The van der Waals surface area contributed by atoms with E-state index in [1.807, 2.05) is 12.1 Å². The summed E-state index contributed by atoms with van der Waals surface area (Å²) in [6.45, 7) is 0.764. The fourth-order valence-electron chi connectivity index (χ4n) is 4.67. The van der Waals surface area contributed by atoms with E-state index < -0.39 is 7.41 Å². The summed E-state index contributed by atoms with van der Waals surface area (Å²) in [5.74, 6) is 0.871. The van der Waals surface area contributed by atoms with Gasteiger partial charge in [0.05, 0.1) is 19.3 Å². The highest BCUT2D eigenvalue weighted by molar-refractivity contribution is 7.96. The molecule has 0 radical (unpaired) electrons. The van der Waals surface area contributed by atoms with Gasteiger partial charge in [0.1, 0.15) is 21.7 Å². The summed E-state index contributed by atoms with van der Waals surface area (Å²) in [5, 5.41) is 3.99. The zero-order valence-electron chi connectivity index (χ0n) is 20.2. The van der Waals surface area contributed by atoms with Crippen molar-refractivity contribution in [2.24, 2.45) is 0 Å². The largest absolute Gasteiger partial charge is 1.00 e. The fourth-order valence-corrected chi connectivity index (χ4v) is 9.07. The highest BCUT2D eigenvalue weighted by atomic mass is 79.9. The van der Waals surface area contributed by atoms with Crippen LogP contribution in [0.25, 0.3) is 0 Å². The Morgan fingerprint density at radius 3 is 1.31 bits per heavy atom. The van der Waals surface area contributed by atoms with Crippen molar-refractivity contribution in [3.63, 3.8) is 0 Å². The quantitative estimate of drug-likeness (QED) is 0.272. The molecule has 0 aliphatic rings. The lowest BCUT2D eigenvalue weighted by atomic mass is 10.2.